The Balaban J connectivity index is 1.51. The van der Waals surface area contributed by atoms with Gasteiger partial charge in [-0.1, -0.05) is 24.3 Å². The van der Waals surface area contributed by atoms with Crippen molar-refractivity contribution in [2.45, 2.75) is 26.2 Å². The molecule has 3 aromatic rings. The summed E-state index contributed by atoms with van der Waals surface area (Å²) in [6.45, 7) is 2.40. The van der Waals surface area contributed by atoms with E-state index in [0.29, 0.717) is 24.7 Å². The van der Waals surface area contributed by atoms with Crippen molar-refractivity contribution < 1.29 is 19.0 Å². The number of hydrogen-bond donors (Lipinski definition) is 1. The molecule has 0 aliphatic rings. The second-order valence-corrected chi connectivity index (χ2v) is 6.43. The first-order valence-corrected chi connectivity index (χ1v) is 9.32. The summed E-state index contributed by atoms with van der Waals surface area (Å²) in [6.07, 6.45) is 1.11. The Morgan fingerprint density at radius 3 is 2.62 bits per heavy atom. The molecule has 0 aliphatic heterocycles. The van der Waals surface area contributed by atoms with E-state index >= 15 is 0 Å². The lowest BCUT2D eigenvalue weighted by Gasteiger charge is -2.14. The van der Waals surface area contributed by atoms with Crippen molar-refractivity contribution >= 4 is 11.6 Å². The highest BCUT2D eigenvalue weighted by atomic mass is 16.5. The normalized spacial score (nSPS) is 11.5. The number of pyridine rings is 1. The first-order valence-electron chi connectivity index (χ1n) is 9.32. The fraction of sp³-hybridized carbons (Fsp3) is 0.217. The molecule has 2 aromatic carbocycles. The lowest BCUT2D eigenvalue weighted by molar-refractivity contribution is -0.127. The van der Waals surface area contributed by atoms with Gasteiger partial charge >= 0.3 is 0 Å². The van der Waals surface area contributed by atoms with E-state index in [1.54, 1.807) is 32.4 Å². The Kier molecular flexibility index (Phi) is 7.19. The number of nitrogens with one attached hydrogen (secondary N) is 1. The van der Waals surface area contributed by atoms with E-state index in [-0.39, 0.29) is 5.91 Å². The van der Waals surface area contributed by atoms with Crippen LogP contribution < -0.4 is 14.8 Å². The van der Waals surface area contributed by atoms with Crippen LogP contribution in [0.1, 0.15) is 18.2 Å². The predicted molar refractivity (Wildman–Crippen MR) is 111 cm³/mol. The van der Waals surface area contributed by atoms with Crippen molar-refractivity contribution in [3.63, 3.8) is 0 Å². The van der Waals surface area contributed by atoms with Crippen molar-refractivity contribution in [1.82, 2.24) is 4.98 Å². The first kappa shape index (κ1) is 20.4. The van der Waals surface area contributed by atoms with E-state index in [4.69, 9.17) is 14.2 Å². The number of rotatable bonds is 9. The topological polar surface area (TPSA) is 69.7 Å². The number of amides is 1. The predicted octanol–water partition coefficient (Wildman–Crippen LogP) is 4.21. The van der Waals surface area contributed by atoms with Crippen molar-refractivity contribution in [1.29, 1.82) is 0 Å². The minimum absolute atomic E-state index is 0.227. The van der Waals surface area contributed by atoms with Crippen LogP contribution in [0.4, 0.5) is 5.69 Å². The van der Waals surface area contributed by atoms with Gasteiger partial charge in [0.2, 0.25) is 0 Å². The monoisotopic (exact) mass is 392 g/mol. The number of nitrogens with zero attached hydrogens (tertiary/aromatic N) is 1. The van der Waals surface area contributed by atoms with Crippen molar-refractivity contribution in [2.75, 3.05) is 12.4 Å². The summed E-state index contributed by atoms with van der Waals surface area (Å²) in [5.74, 6) is 1.18. The van der Waals surface area contributed by atoms with Crippen LogP contribution in [-0.2, 0) is 22.7 Å². The van der Waals surface area contributed by atoms with Gasteiger partial charge in [0, 0.05) is 18.0 Å². The fourth-order valence-corrected chi connectivity index (χ4v) is 2.61. The van der Waals surface area contributed by atoms with Crippen molar-refractivity contribution in [2.24, 2.45) is 0 Å². The molecule has 29 heavy (non-hydrogen) atoms. The van der Waals surface area contributed by atoms with Crippen LogP contribution in [0.15, 0.2) is 72.9 Å². The van der Waals surface area contributed by atoms with Crippen LogP contribution in [-0.4, -0.2) is 24.1 Å². The summed E-state index contributed by atoms with van der Waals surface area (Å²) >= 11 is 0. The highest BCUT2D eigenvalue weighted by Crippen LogP contribution is 2.19. The molecule has 0 saturated heterocycles. The molecular formula is C23H24N2O4. The fourth-order valence-electron chi connectivity index (χ4n) is 2.61. The Morgan fingerprint density at radius 2 is 1.83 bits per heavy atom. The van der Waals surface area contributed by atoms with Gasteiger partial charge in [-0.25, -0.2) is 0 Å². The minimum atomic E-state index is -0.612. The van der Waals surface area contributed by atoms with Gasteiger partial charge in [-0.15, -0.1) is 0 Å². The summed E-state index contributed by atoms with van der Waals surface area (Å²) in [5.41, 5.74) is 2.42. The highest BCUT2D eigenvalue weighted by Gasteiger charge is 2.14. The van der Waals surface area contributed by atoms with Gasteiger partial charge in [0.25, 0.3) is 5.91 Å². The average Bonchev–Trinajstić information content (AvgIpc) is 2.77. The van der Waals surface area contributed by atoms with Gasteiger partial charge in [0.15, 0.2) is 0 Å². The zero-order valence-corrected chi connectivity index (χ0v) is 16.5. The van der Waals surface area contributed by atoms with E-state index in [1.807, 2.05) is 54.6 Å². The molecule has 1 amide bonds. The number of ether oxygens (including phenoxy) is 3. The molecule has 0 saturated carbocycles. The summed E-state index contributed by atoms with van der Waals surface area (Å²) < 4.78 is 16.6. The van der Waals surface area contributed by atoms with E-state index in [1.165, 1.54) is 0 Å². The number of aromatic nitrogens is 1. The largest absolute Gasteiger partial charge is 0.497 e. The summed E-state index contributed by atoms with van der Waals surface area (Å²) in [4.78, 5) is 16.7. The minimum Gasteiger partial charge on any atom is -0.497 e. The van der Waals surface area contributed by atoms with Gasteiger partial charge in [-0.2, -0.15) is 0 Å². The van der Waals surface area contributed by atoms with Gasteiger partial charge in [0.1, 0.15) is 24.2 Å². The van der Waals surface area contributed by atoms with Crippen LogP contribution >= 0.6 is 0 Å². The number of hydrogen-bond acceptors (Lipinski definition) is 5. The zero-order chi connectivity index (χ0) is 20.5. The molecular weight excluding hydrogens is 368 g/mol. The Bertz CT molecular complexity index is 931. The van der Waals surface area contributed by atoms with Crippen molar-refractivity contribution in [3.05, 3.63) is 84.2 Å². The lowest BCUT2D eigenvalue weighted by atomic mass is 10.2. The Hall–Kier alpha value is -3.38. The van der Waals surface area contributed by atoms with E-state index in [9.17, 15) is 4.79 Å². The van der Waals surface area contributed by atoms with E-state index in [2.05, 4.69) is 10.3 Å². The maximum Gasteiger partial charge on any atom is 0.253 e. The van der Waals surface area contributed by atoms with Crippen LogP contribution in [0.25, 0.3) is 0 Å². The van der Waals surface area contributed by atoms with Gasteiger partial charge < -0.3 is 19.5 Å². The molecule has 1 aromatic heterocycles. The lowest BCUT2D eigenvalue weighted by Crippen LogP contribution is -2.27. The summed E-state index contributed by atoms with van der Waals surface area (Å²) in [6, 6.07) is 20.5. The van der Waals surface area contributed by atoms with Crippen LogP contribution in [0.3, 0.4) is 0 Å². The van der Waals surface area contributed by atoms with E-state index in [0.717, 1.165) is 17.0 Å². The SMILES string of the molecule is COc1cccc(COC(C)C(=O)Nc2cccc(OCc3ccccn3)c2)c1. The van der Waals surface area contributed by atoms with Crippen molar-refractivity contribution in [3.8, 4) is 11.5 Å². The highest BCUT2D eigenvalue weighted by molar-refractivity contribution is 5.94. The molecule has 0 fully saturated rings. The molecule has 0 bridgehead atoms. The van der Waals surface area contributed by atoms with Gasteiger partial charge in [0.05, 0.1) is 19.4 Å². The third kappa shape index (κ3) is 6.33. The molecule has 0 aliphatic carbocycles. The molecule has 6 nitrogen and oxygen atoms in total. The smallest absolute Gasteiger partial charge is 0.253 e. The number of benzene rings is 2. The van der Waals surface area contributed by atoms with Crippen LogP contribution in [0, 0.1) is 0 Å². The Morgan fingerprint density at radius 1 is 1.00 bits per heavy atom. The molecule has 1 unspecified atom stereocenters. The van der Waals surface area contributed by atoms with Crippen LogP contribution in [0.2, 0.25) is 0 Å². The Labute approximate surface area is 170 Å². The number of methoxy groups -OCH3 is 1. The zero-order valence-electron chi connectivity index (χ0n) is 16.5. The molecule has 1 heterocycles. The number of carbonyl (C=O) groups is 1. The molecule has 1 atom stereocenters. The van der Waals surface area contributed by atoms with Crippen LogP contribution in [0.5, 0.6) is 11.5 Å². The third-order valence-electron chi connectivity index (χ3n) is 4.22. The third-order valence-corrected chi connectivity index (χ3v) is 4.22. The second kappa shape index (κ2) is 10.2. The van der Waals surface area contributed by atoms with Gasteiger partial charge in [-0.05, 0) is 48.9 Å². The summed E-state index contributed by atoms with van der Waals surface area (Å²) in [7, 11) is 1.62. The maximum absolute atomic E-state index is 12.4. The first-order chi connectivity index (χ1) is 14.1. The molecule has 0 spiro atoms. The standard InChI is InChI=1S/C23H24N2O4/c1-17(28-15-18-7-5-10-21(13-18)27-2)23(26)25-19-9-6-11-22(14-19)29-16-20-8-3-4-12-24-20/h3-14,17H,15-16H2,1-2H3,(H,25,26). The number of carbonyl (C=O) groups excluding carboxylic acids is 1. The quantitative estimate of drug-likeness (QED) is 0.591. The van der Waals surface area contributed by atoms with Gasteiger partial charge in [-0.3, -0.25) is 9.78 Å². The van der Waals surface area contributed by atoms with E-state index < -0.39 is 6.10 Å². The summed E-state index contributed by atoms with van der Waals surface area (Å²) in [5, 5.41) is 2.85. The molecule has 3 rings (SSSR count). The molecule has 0 radical (unpaired) electrons. The maximum atomic E-state index is 12.4. The average molecular weight is 392 g/mol. The second-order valence-electron chi connectivity index (χ2n) is 6.43. The molecule has 1 N–H and O–H groups in total. The molecule has 150 valence electrons. The number of anilines is 1. The molecule has 6 heteroatoms.